The summed E-state index contributed by atoms with van der Waals surface area (Å²) in [6, 6.07) is 6.44. The van der Waals surface area contributed by atoms with E-state index in [0.29, 0.717) is 10.6 Å². The lowest BCUT2D eigenvalue weighted by Crippen LogP contribution is -2.27. The lowest BCUT2D eigenvalue weighted by atomic mass is 10.3. The van der Waals surface area contributed by atoms with Gasteiger partial charge < -0.3 is 65.0 Å². The van der Waals surface area contributed by atoms with Crippen LogP contribution >= 0.6 is 27.0 Å². The first-order valence-electron chi connectivity index (χ1n) is 5.18. The summed E-state index contributed by atoms with van der Waals surface area (Å²) in [5.41, 5.74) is 0. The van der Waals surface area contributed by atoms with Crippen molar-refractivity contribution in [3.8, 4) is 5.75 Å². The highest BCUT2D eigenvalue weighted by atomic mass is 32.2. The van der Waals surface area contributed by atoms with Crippen LogP contribution in [0.5, 0.6) is 5.75 Å². The number of rotatable bonds is 2. The van der Waals surface area contributed by atoms with Gasteiger partial charge in [-0.2, -0.15) is 39.6 Å². The minimum atomic E-state index is -3.26. The molecule has 224 valence electrons. The van der Waals surface area contributed by atoms with Crippen molar-refractivity contribution < 1.29 is 86.0 Å². The van der Waals surface area contributed by atoms with Crippen LogP contribution in [0.4, 0.5) is 0 Å². The van der Waals surface area contributed by atoms with E-state index in [9.17, 15) is 8.42 Å². The largest absolute Gasteiger partial charge is 0.497 e. The van der Waals surface area contributed by atoms with Gasteiger partial charge in [0.05, 0.1) is 16.8 Å². The molecular weight excluding hydrogens is 597 g/mol. The van der Waals surface area contributed by atoms with E-state index < -0.39 is 14.6 Å². The number of hydrogen-bond donors (Lipinski definition) is 0. The van der Waals surface area contributed by atoms with E-state index in [4.69, 9.17) is 17.4 Å². The number of sulfone groups is 1. The average Bonchev–Trinajstić information content (AvgIpc) is 2.52. The monoisotopic (exact) mass is 638 g/mol. The number of benzene rings is 1. The van der Waals surface area contributed by atoms with Gasteiger partial charge >= 0.3 is 0 Å². The summed E-state index contributed by atoms with van der Waals surface area (Å²) in [6.07, 6.45) is 0. The van der Waals surface area contributed by atoms with Gasteiger partial charge in [-0.25, -0.2) is 8.42 Å². The smallest absolute Gasteiger partial charge is 0.197 e. The predicted molar refractivity (Wildman–Crippen MR) is 145 cm³/mol. The minimum absolute atomic E-state index is 0. The van der Waals surface area contributed by atoms with Gasteiger partial charge in [0.2, 0.25) is 0 Å². The van der Waals surface area contributed by atoms with Crippen molar-refractivity contribution in [2.45, 2.75) is 30.4 Å². The molecule has 0 heterocycles. The molecule has 1 aromatic carbocycles. The Bertz CT molecular complexity index is 495. The van der Waals surface area contributed by atoms with Gasteiger partial charge in [-0.1, -0.05) is 0 Å². The molecule has 0 saturated carbocycles. The lowest BCUT2D eigenvalue weighted by Gasteiger charge is -2.19. The third kappa shape index (κ3) is 41.5. The molecule has 17 nitrogen and oxygen atoms in total. The van der Waals surface area contributed by atoms with E-state index in [-0.39, 0.29) is 87.2 Å². The molecule has 0 amide bonds. The molecule has 34 heavy (non-hydrogen) atoms. The zero-order chi connectivity index (χ0) is 17.7. The maximum absolute atomic E-state index is 12.0. The molecule has 0 unspecified atom stereocenters. The van der Waals surface area contributed by atoms with Crippen LogP contribution in [-0.2, 0) is 47.4 Å². The van der Waals surface area contributed by atoms with E-state index in [1.807, 2.05) is 0 Å². The van der Waals surface area contributed by atoms with Crippen LogP contribution in [0.3, 0.4) is 0 Å². The first kappa shape index (κ1) is 116. The molecule has 0 aliphatic carbocycles. The summed E-state index contributed by atoms with van der Waals surface area (Å²) in [5.74, 6) is 0.655. The quantitative estimate of drug-likeness (QED) is 0.296. The van der Waals surface area contributed by atoms with Crippen LogP contribution in [0.15, 0.2) is 29.2 Å². The predicted octanol–water partition coefficient (Wildman–Crippen LogP) is -7.59. The van der Waals surface area contributed by atoms with E-state index in [1.165, 1.54) is 0 Å². The summed E-state index contributed by atoms with van der Waals surface area (Å²) in [5, 5.41) is 0. The molecule has 0 radical (unpaired) electrons. The second-order valence-corrected chi connectivity index (χ2v) is 6.99. The Morgan fingerprint density at radius 2 is 0.794 bits per heavy atom. The van der Waals surface area contributed by atoms with Gasteiger partial charge in [0.15, 0.2) is 47.4 Å². The molecule has 0 atom stereocenters. The summed E-state index contributed by atoms with van der Waals surface area (Å²) >= 11 is 8.50. The van der Waals surface area contributed by atoms with Crippen molar-refractivity contribution in [3.05, 3.63) is 24.3 Å². The van der Waals surface area contributed by atoms with Gasteiger partial charge in [-0.15, -0.1) is 0 Å². The standard InChI is InChI=1S/C11H16O3S.3OS.11H2O.2H2S/c1-11(2,3)15(12,13)10-7-5-9(14-4)6-8-10;3*1-2;;;;;;;;;;;;;/h5-8H,1-4H3;;;;13*1H2. The number of hydrogen-bond acceptors (Lipinski definition) is 9. The van der Waals surface area contributed by atoms with Gasteiger partial charge in [-0.05, 0) is 45.0 Å². The first-order chi connectivity index (χ1) is 9.79. The van der Waals surface area contributed by atoms with Gasteiger partial charge in [0.25, 0.3) is 0 Å². The molecule has 0 saturated heterocycles. The van der Waals surface area contributed by atoms with Gasteiger partial charge in [0, 0.05) is 0 Å². The molecule has 0 aliphatic heterocycles. The highest BCUT2D eigenvalue weighted by Gasteiger charge is 2.30. The Balaban J connectivity index is -0.0000000114. The van der Waals surface area contributed by atoms with Crippen molar-refractivity contribution in [2.75, 3.05) is 7.11 Å². The average molecular weight is 639 g/mol. The maximum atomic E-state index is 12.0. The molecule has 0 bridgehead atoms. The third-order valence-electron chi connectivity index (χ3n) is 2.18. The number of methoxy groups -OCH3 is 1. The topological polar surface area (TPSA) is 441 Å². The summed E-state index contributed by atoms with van der Waals surface area (Å²) < 4.78 is 51.7. The molecule has 0 aliphatic rings. The Hall–Kier alpha value is -0.710. The Morgan fingerprint density at radius 1 is 0.588 bits per heavy atom. The summed E-state index contributed by atoms with van der Waals surface area (Å²) in [7, 11) is -1.71. The van der Waals surface area contributed by atoms with E-state index in [0.717, 1.165) is 0 Å². The highest BCUT2D eigenvalue weighted by Crippen LogP contribution is 2.25. The zero-order valence-corrected chi connectivity index (χ0v) is 23.7. The Morgan fingerprint density at radius 3 is 0.941 bits per heavy atom. The first-order valence-corrected chi connectivity index (χ1v) is 7.66. The second kappa shape index (κ2) is 63.6. The molecule has 23 heteroatoms. The minimum Gasteiger partial charge on any atom is -0.497 e. The molecule has 1 aromatic rings. The van der Waals surface area contributed by atoms with Crippen molar-refractivity contribution in [3.63, 3.8) is 0 Å². The normalized spacial score (nSPS) is 5.88. The Kier molecular flexibility index (Phi) is 217. The van der Waals surface area contributed by atoms with E-state index in [1.54, 1.807) is 52.1 Å². The fourth-order valence-electron chi connectivity index (χ4n) is 1.11. The van der Waals surface area contributed by atoms with Crippen LogP contribution in [0.25, 0.3) is 0 Å². The molecule has 0 aromatic heterocycles. The van der Waals surface area contributed by atoms with E-state index >= 15 is 0 Å². The lowest BCUT2D eigenvalue weighted by molar-refractivity contribution is 0.414. The fourth-order valence-corrected chi connectivity index (χ4v) is 2.31. The van der Waals surface area contributed by atoms with Crippen LogP contribution in [0.2, 0.25) is 0 Å². The molecular formula is C11H42O17S6. The third-order valence-corrected chi connectivity index (χ3v) is 4.68. The fraction of sp³-hybridized carbons (Fsp3) is 0.455. The Labute approximate surface area is 227 Å². The second-order valence-electron chi connectivity index (χ2n) is 4.29. The summed E-state index contributed by atoms with van der Waals surface area (Å²) in [6.45, 7) is 5.06. The summed E-state index contributed by atoms with van der Waals surface area (Å²) in [4.78, 5) is 0.329. The van der Waals surface area contributed by atoms with Crippen molar-refractivity contribution >= 4 is 74.4 Å². The zero-order valence-electron chi connectivity index (χ0n) is 18.4. The van der Waals surface area contributed by atoms with Crippen LogP contribution in [-0.4, -0.2) is 93.1 Å². The van der Waals surface area contributed by atoms with E-state index in [2.05, 4.69) is 37.6 Å². The van der Waals surface area contributed by atoms with Crippen LogP contribution < -0.4 is 4.74 Å². The van der Waals surface area contributed by atoms with Crippen LogP contribution in [0, 0.1) is 0 Å². The van der Waals surface area contributed by atoms with Crippen molar-refractivity contribution in [1.29, 1.82) is 0 Å². The SMILES string of the molecule is COc1ccc(S(=O)(=O)C(C)(C)C)cc1.O.O.O.O.O.O.O.O.O.O.O.O=S.O=S.O=S.S.S. The van der Waals surface area contributed by atoms with Crippen molar-refractivity contribution in [2.24, 2.45) is 0 Å². The van der Waals surface area contributed by atoms with Gasteiger partial charge in [0.1, 0.15) is 5.75 Å². The van der Waals surface area contributed by atoms with Crippen molar-refractivity contribution in [1.82, 2.24) is 0 Å². The molecule has 22 N–H and O–H groups in total. The maximum Gasteiger partial charge on any atom is 0.197 e. The molecule has 1 rings (SSSR count). The van der Waals surface area contributed by atoms with Gasteiger partial charge in [-0.3, -0.25) is 0 Å². The molecule has 0 spiro atoms. The van der Waals surface area contributed by atoms with Crippen LogP contribution in [0.1, 0.15) is 20.8 Å². The number of ether oxygens (including phenoxy) is 1. The highest BCUT2D eigenvalue weighted by molar-refractivity contribution is 7.92. The molecule has 0 fully saturated rings.